The Morgan fingerprint density at radius 2 is 1.86 bits per heavy atom. The summed E-state index contributed by atoms with van der Waals surface area (Å²) >= 11 is 0. The molecule has 1 aliphatic heterocycles. The molecule has 1 amide bonds. The third kappa shape index (κ3) is 5.06. The summed E-state index contributed by atoms with van der Waals surface area (Å²) < 4.78 is 38.2. The van der Waals surface area contributed by atoms with Gasteiger partial charge < -0.3 is 11.1 Å². The van der Waals surface area contributed by atoms with E-state index in [0.717, 1.165) is 28.3 Å². The van der Waals surface area contributed by atoms with Gasteiger partial charge in [0.15, 0.2) is 0 Å². The number of alkyl halides is 3. The first-order valence-corrected chi connectivity index (χ1v) is 10.1. The number of carbonyl (C=O) groups is 1. The third-order valence-corrected chi connectivity index (χ3v) is 6.33. The van der Waals surface area contributed by atoms with Gasteiger partial charge in [-0.1, -0.05) is 18.2 Å². The molecule has 3 rings (SSSR count). The Morgan fingerprint density at radius 1 is 1.14 bits per heavy atom. The average molecular weight is 432 g/mol. The van der Waals surface area contributed by atoms with Crippen LogP contribution in [-0.4, -0.2) is 24.5 Å². The standard InChI is InChI=1S/C19H20F3N3OS.ClH/c20-19(21,22)14-7-5-13(6-8-14)11-27-12-25-16-4-1-3-15(17(16)27)18(26)24-10-2-9-23;/h1,3-8,12,27H,2,9-11,23H2,(H,24,26);1H. The molecule has 0 spiro atoms. The average Bonchev–Trinajstić information content (AvgIpc) is 3.04. The number of nitrogens with zero attached hydrogens (tertiary/aromatic N) is 1. The zero-order valence-electron chi connectivity index (χ0n) is 14.9. The Morgan fingerprint density at radius 3 is 2.50 bits per heavy atom. The van der Waals surface area contributed by atoms with Crippen LogP contribution >= 0.6 is 23.3 Å². The molecule has 0 aromatic heterocycles. The van der Waals surface area contributed by atoms with Crippen molar-refractivity contribution in [2.75, 3.05) is 13.1 Å². The van der Waals surface area contributed by atoms with Gasteiger partial charge in [-0.05, 0) is 42.8 Å². The number of nitrogens with one attached hydrogen (secondary N) is 1. The minimum absolute atomic E-state index is 0. The van der Waals surface area contributed by atoms with E-state index in [2.05, 4.69) is 10.3 Å². The van der Waals surface area contributed by atoms with Gasteiger partial charge in [0.05, 0.1) is 16.8 Å². The van der Waals surface area contributed by atoms with E-state index in [4.69, 9.17) is 5.73 Å². The molecule has 1 atom stereocenters. The van der Waals surface area contributed by atoms with E-state index in [-0.39, 0.29) is 18.3 Å². The van der Waals surface area contributed by atoms with Gasteiger partial charge in [0.1, 0.15) is 0 Å². The summed E-state index contributed by atoms with van der Waals surface area (Å²) in [6.45, 7) is 0.994. The maximum atomic E-state index is 12.7. The molecule has 0 fully saturated rings. The highest BCUT2D eigenvalue weighted by molar-refractivity contribution is 8.28. The van der Waals surface area contributed by atoms with Crippen LogP contribution in [-0.2, 0) is 11.9 Å². The fraction of sp³-hybridized carbons (Fsp3) is 0.263. The predicted molar refractivity (Wildman–Crippen MR) is 110 cm³/mol. The van der Waals surface area contributed by atoms with Crippen LogP contribution in [0.25, 0.3) is 0 Å². The lowest BCUT2D eigenvalue weighted by atomic mass is 10.1. The first-order chi connectivity index (χ1) is 12.9. The summed E-state index contributed by atoms with van der Waals surface area (Å²) in [5.74, 6) is 0.363. The second kappa shape index (κ2) is 9.45. The van der Waals surface area contributed by atoms with Crippen molar-refractivity contribution in [1.29, 1.82) is 0 Å². The highest BCUT2D eigenvalue weighted by Crippen LogP contribution is 2.49. The number of fused-ring (bicyclic) bond motifs is 1. The number of aliphatic imine (C=N–C) groups is 1. The van der Waals surface area contributed by atoms with Crippen LogP contribution in [0, 0.1) is 0 Å². The lowest BCUT2D eigenvalue weighted by Crippen LogP contribution is -2.26. The molecule has 0 aliphatic carbocycles. The molecule has 0 saturated heterocycles. The number of benzene rings is 2. The van der Waals surface area contributed by atoms with Crippen molar-refractivity contribution in [2.45, 2.75) is 23.2 Å². The van der Waals surface area contributed by atoms with Crippen LogP contribution in [0.5, 0.6) is 0 Å². The fourth-order valence-electron chi connectivity index (χ4n) is 2.83. The van der Waals surface area contributed by atoms with Gasteiger partial charge in [-0.2, -0.15) is 24.1 Å². The number of hydrogen-bond acceptors (Lipinski definition) is 3. The number of thiol groups is 1. The predicted octanol–water partition coefficient (Wildman–Crippen LogP) is 4.44. The fourth-order valence-corrected chi connectivity index (χ4v) is 4.96. The van der Waals surface area contributed by atoms with Gasteiger partial charge in [-0.25, -0.2) is 0 Å². The molecule has 1 heterocycles. The van der Waals surface area contributed by atoms with Gasteiger partial charge in [-0.15, -0.1) is 12.4 Å². The van der Waals surface area contributed by atoms with E-state index in [1.54, 1.807) is 12.1 Å². The molecule has 0 saturated carbocycles. The number of hydrogen-bond donors (Lipinski definition) is 3. The minimum Gasteiger partial charge on any atom is -0.352 e. The normalized spacial score (nSPS) is 16.4. The highest BCUT2D eigenvalue weighted by Gasteiger charge is 2.30. The van der Waals surface area contributed by atoms with Crippen molar-refractivity contribution < 1.29 is 18.0 Å². The summed E-state index contributed by atoms with van der Waals surface area (Å²) in [6.07, 6.45) is -3.66. The maximum Gasteiger partial charge on any atom is 0.416 e. The Hall–Kier alpha value is -2.03. The van der Waals surface area contributed by atoms with Gasteiger partial charge in [0.25, 0.3) is 5.91 Å². The van der Waals surface area contributed by atoms with Gasteiger partial charge in [0, 0.05) is 22.7 Å². The molecule has 1 aliphatic rings. The summed E-state index contributed by atoms with van der Waals surface area (Å²) in [7, 11) is -0.905. The Labute approximate surface area is 170 Å². The summed E-state index contributed by atoms with van der Waals surface area (Å²) in [6, 6.07) is 10.5. The largest absolute Gasteiger partial charge is 0.416 e. The van der Waals surface area contributed by atoms with E-state index < -0.39 is 22.6 Å². The molecule has 2 aromatic rings. The second-order valence-corrected chi connectivity index (χ2v) is 8.07. The number of nitrogens with two attached hydrogens (primary N) is 1. The van der Waals surface area contributed by atoms with Gasteiger partial charge in [0.2, 0.25) is 0 Å². The molecule has 152 valence electrons. The van der Waals surface area contributed by atoms with E-state index in [1.165, 1.54) is 12.1 Å². The smallest absolute Gasteiger partial charge is 0.352 e. The molecule has 28 heavy (non-hydrogen) atoms. The Kier molecular flexibility index (Phi) is 7.51. The molecule has 9 heteroatoms. The van der Waals surface area contributed by atoms with E-state index in [9.17, 15) is 18.0 Å². The highest BCUT2D eigenvalue weighted by atomic mass is 35.5. The van der Waals surface area contributed by atoms with E-state index in [1.807, 2.05) is 11.6 Å². The molecule has 3 N–H and O–H groups in total. The van der Waals surface area contributed by atoms with Crippen LogP contribution < -0.4 is 11.1 Å². The topological polar surface area (TPSA) is 67.5 Å². The number of halogens is 4. The van der Waals surface area contributed by atoms with Crippen molar-refractivity contribution in [2.24, 2.45) is 10.7 Å². The van der Waals surface area contributed by atoms with Crippen molar-refractivity contribution in [3.05, 3.63) is 59.2 Å². The summed E-state index contributed by atoms with van der Waals surface area (Å²) in [5.41, 5.74) is 8.70. The Bertz CT molecular complexity index is 856. The second-order valence-electron chi connectivity index (χ2n) is 6.14. The molecule has 2 aromatic carbocycles. The van der Waals surface area contributed by atoms with Crippen LogP contribution in [0.2, 0.25) is 0 Å². The zero-order valence-corrected chi connectivity index (χ0v) is 16.6. The summed E-state index contributed by atoms with van der Waals surface area (Å²) in [5, 5.41) is 2.85. The summed E-state index contributed by atoms with van der Waals surface area (Å²) in [4.78, 5) is 17.8. The molecule has 4 nitrogen and oxygen atoms in total. The van der Waals surface area contributed by atoms with E-state index >= 15 is 0 Å². The molecule has 1 unspecified atom stereocenters. The maximum absolute atomic E-state index is 12.7. The van der Waals surface area contributed by atoms with Crippen molar-refractivity contribution in [3.8, 4) is 0 Å². The molecule has 0 radical (unpaired) electrons. The van der Waals surface area contributed by atoms with Crippen LogP contribution in [0.4, 0.5) is 18.9 Å². The third-order valence-electron chi connectivity index (χ3n) is 4.18. The first kappa shape index (κ1) is 22.3. The Balaban J connectivity index is 0.00000280. The van der Waals surface area contributed by atoms with Crippen molar-refractivity contribution in [3.63, 3.8) is 0 Å². The monoisotopic (exact) mass is 431 g/mol. The lowest BCUT2D eigenvalue weighted by molar-refractivity contribution is -0.137. The van der Waals surface area contributed by atoms with Gasteiger partial charge >= 0.3 is 6.18 Å². The minimum atomic E-state index is -4.35. The van der Waals surface area contributed by atoms with Crippen molar-refractivity contribution >= 4 is 40.4 Å². The van der Waals surface area contributed by atoms with Gasteiger partial charge in [-0.3, -0.25) is 9.79 Å². The number of amides is 1. The molecule has 0 bridgehead atoms. The quantitative estimate of drug-likeness (QED) is 0.467. The van der Waals surface area contributed by atoms with Crippen LogP contribution in [0.15, 0.2) is 52.4 Å². The number of rotatable bonds is 6. The van der Waals surface area contributed by atoms with Crippen LogP contribution in [0.1, 0.15) is 27.9 Å². The lowest BCUT2D eigenvalue weighted by Gasteiger charge is -2.18. The first-order valence-electron chi connectivity index (χ1n) is 8.48. The zero-order chi connectivity index (χ0) is 19.4. The number of carbonyl (C=O) groups excluding carboxylic acids is 1. The van der Waals surface area contributed by atoms with Crippen LogP contribution in [0.3, 0.4) is 0 Å². The molecular weight excluding hydrogens is 411 g/mol. The van der Waals surface area contributed by atoms with E-state index in [0.29, 0.717) is 30.8 Å². The van der Waals surface area contributed by atoms with Crippen molar-refractivity contribution in [1.82, 2.24) is 5.32 Å². The SMILES string of the molecule is Cl.NCCCNC(=O)c1cccc2c1[SH](Cc1ccc(C(F)(F)F)cc1)C=N2. The molecular formula is C19H21ClF3N3OS.